The first kappa shape index (κ1) is 22.1. The zero-order valence-electron chi connectivity index (χ0n) is 16.6. The number of hydrogen-bond acceptors (Lipinski definition) is 3. The summed E-state index contributed by atoms with van der Waals surface area (Å²) in [5.74, 6) is 0.947. The zero-order chi connectivity index (χ0) is 19.1. The fourth-order valence-corrected chi connectivity index (χ4v) is 2.88. The van der Waals surface area contributed by atoms with E-state index in [1.807, 2.05) is 0 Å². The van der Waals surface area contributed by atoms with Gasteiger partial charge < -0.3 is 9.29 Å². The van der Waals surface area contributed by atoms with Crippen LogP contribution < -0.4 is 9.46 Å². The maximum atomic E-state index is 10.4. The van der Waals surface area contributed by atoms with Gasteiger partial charge in [-0.25, -0.2) is 4.72 Å². The van der Waals surface area contributed by atoms with E-state index >= 15 is 0 Å². The summed E-state index contributed by atoms with van der Waals surface area (Å²) in [7, 11) is 0. The first-order chi connectivity index (χ1) is 11.6. The summed E-state index contributed by atoms with van der Waals surface area (Å²) in [4.78, 5) is 0. The van der Waals surface area contributed by atoms with Crippen LogP contribution in [0.15, 0.2) is 18.2 Å². The van der Waals surface area contributed by atoms with Crippen LogP contribution >= 0.6 is 0 Å². The molecule has 5 heteroatoms. The predicted octanol–water partition coefficient (Wildman–Crippen LogP) is 4.60. The fraction of sp³-hybridized carbons (Fsp3) is 0.700. The maximum absolute atomic E-state index is 10.4. The molecule has 0 aliphatic rings. The van der Waals surface area contributed by atoms with Crippen LogP contribution in [0.5, 0.6) is 5.75 Å². The molecule has 1 aromatic carbocycles. The van der Waals surface area contributed by atoms with Crippen molar-refractivity contribution in [3.63, 3.8) is 0 Å². The van der Waals surface area contributed by atoms with Crippen molar-refractivity contribution in [1.82, 2.24) is 4.72 Å². The van der Waals surface area contributed by atoms with Gasteiger partial charge in [-0.1, -0.05) is 53.7 Å². The van der Waals surface area contributed by atoms with Gasteiger partial charge in [0, 0.05) is 23.4 Å². The van der Waals surface area contributed by atoms with E-state index in [1.165, 1.54) is 11.1 Å². The fourth-order valence-electron chi connectivity index (χ4n) is 2.56. The molecule has 0 aromatic heterocycles. The number of unbranched alkanes of at least 4 members (excludes halogenated alkanes) is 1. The summed E-state index contributed by atoms with van der Waals surface area (Å²) in [6.45, 7) is 14.5. The Kier molecular flexibility index (Phi) is 8.58. The largest absolute Gasteiger partial charge is 0.760 e. The molecule has 0 aliphatic heterocycles. The van der Waals surface area contributed by atoms with E-state index in [1.54, 1.807) is 0 Å². The van der Waals surface area contributed by atoms with Crippen molar-refractivity contribution in [1.29, 1.82) is 0 Å². The van der Waals surface area contributed by atoms with Crippen molar-refractivity contribution >= 4 is 11.3 Å². The van der Waals surface area contributed by atoms with Gasteiger partial charge in [0.05, 0.1) is 6.61 Å². The van der Waals surface area contributed by atoms with Gasteiger partial charge in [-0.15, -0.1) is 0 Å². The zero-order valence-corrected chi connectivity index (χ0v) is 17.4. The van der Waals surface area contributed by atoms with Gasteiger partial charge in [0.1, 0.15) is 5.75 Å². The molecule has 4 nitrogen and oxygen atoms in total. The normalized spacial score (nSPS) is 13.7. The molecule has 0 radical (unpaired) electrons. The molecule has 0 heterocycles. The smallest absolute Gasteiger partial charge is 0.123 e. The monoisotopic (exact) mass is 368 g/mol. The van der Waals surface area contributed by atoms with Crippen LogP contribution in [0, 0.1) is 0 Å². The SMILES string of the molecule is CCC(C)(C)c1ccc(OCCCCNS(=O)[O-])c(C(C)(C)CC)c1. The molecular weight excluding hydrogens is 334 g/mol. The molecule has 25 heavy (non-hydrogen) atoms. The molecule has 1 atom stereocenters. The van der Waals surface area contributed by atoms with E-state index in [0.717, 1.165) is 31.4 Å². The molecule has 1 aromatic rings. The van der Waals surface area contributed by atoms with Crippen molar-refractivity contribution in [3.05, 3.63) is 29.3 Å². The second kappa shape index (κ2) is 9.70. The highest BCUT2D eigenvalue weighted by atomic mass is 32.2. The number of rotatable bonds is 11. The topological polar surface area (TPSA) is 61.4 Å². The Morgan fingerprint density at radius 3 is 2.28 bits per heavy atom. The van der Waals surface area contributed by atoms with Crippen molar-refractivity contribution in [2.24, 2.45) is 0 Å². The van der Waals surface area contributed by atoms with Crippen LogP contribution in [-0.4, -0.2) is 21.9 Å². The molecule has 0 spiro atoms. The molecule has 0 saturated carbocycles. The van der Waals surface area contributed by atoms with Gasteiger partial charge >= 0.3 is 0 Å². The van der Waals surface area contributed by atoms with Gasteiger partial charge in [-0.2, -0.15) is 0 Å². The highest BCUT2D eigenvalue weighted by Gasteiger charge is 2.26. The maximum Gasteiger partial charge on any atom is 0.123 e. The summed E-state index contributed by atoms with van der Waals surface area (Å²) >= 11 is -2.18. The van der Waals surface area contributed by atoms with E-state index in [4.69, 9.17) is 4.74 Å². The van der Waals surface area contributed by atoms with Crippen LogP contribution in [0.3, 0.4) is 0 Å². The molecule has 1 N–H and O–H groups in total. The summed E-state index contributed by atoms with van der Waals surface area (Å²) < 4.78 is 29.3. The Bertz CT molecular complexity index is 570. The number of nitrogens with one attached hydrogen (secondary N) is 1. The minimum atomic E-state index is -2.18. The summed E-state index contributed by atoms with van der Waals surface area (Å²) in [5.41, 5.74) is 2.81. The highest BCUT2D eigenvalue weighted by molar-refractivity contribution is 7.77. The van der Waals surface area contributed by atoms with E-state index in [2.05, 4.69) is 64.5 Å². The molecule has 0 amide bonds. The highest BCUT2D eigenvalue weighted by Crippen LogP contribution is 2.38. The van der Waals surface area contributed by atoms with Gasteiger partial charge in [0.15, 0.2) is 0 Å². The molecular formula is C20H34NO3S-. The second-order valence-corrected chi connectivity index (χ2v) is 8.63. The summed E-state index contributed by atoms with van der Waals surface area (Å²) in [5, 5.41) is 0. The lowest BCUT2D eigenvalue weighted by Gasteiger charge is -2.30. The van der Waals surface area contributed by atoms with E-state index in [0.29, 0.717) is 13.2 Å². The third-order valence-corrected chi connectivity index (χ3v) is 5.75. The lowest BCUT2D eigenvalue weighted by atomic mass is 9.76. The van der Waals surface area contributed by atoms with Crippen molar-refractivity contribution in [3.8, 4) is 5.75 Å². The van der Waals surface area contributed by atoms with Crippen molar-refractivity contribution in [2.75, 3.05) is 13.2 Å². The predicted molar refractivity (Wildman–Crippen MR) is 105 cm³/mol. The third kappa shape index (κ3) is 6.72. The van der Waals surface area contributed by atoms with E-state index in [-0.39, 0.29) is 10.8 Å². The van der Waals surface area contributed by atoms with Gasteiger partial charge in [-0.3, -0.25) is 4.21 Å². The third-order valence-electron chi connectivity index (χ3n) is 5.31. The molecule has 1 rings (SSSR count). The Hall–Kier alpha value is -0.910. The standard InChI is InChI=1S/C20H35NO3S/c1-7-19(3,4)16-11-12-18(17(15-16)20(5,6)8-2)24-14-10-9-13-21-25(22)23/h11-12,15,21H,7-10,13-14H2,1-6H3,(H,22,23)/p-1. The van der Waals surface area contributed by atoms with Crippen LogP contribution in [0.1, 0.15) is 78.4 Å². The molecule has 144 valence electrons. The average molecular weight is 369 g/mol. The first-order valence-corrected chi connectivity index (χ1v) is 10.3. The minimum Gasteiger partial charge on any atom is -0.760 e. The number of ether oxygens (including phenoxy) is 1. The van der Waals surface area contributed by atoms with Crippen LogP contribution in [0.2, 0.25) is 0 Å². The Balaban J connectivity index is 2.86. The molecule has 0 aliphatic carbocycles. The summed E-state index contributed by atoms with van der Waals surface area (Å²) in [6, 6.07) is 6.59. The van der Waals surface area contributed by atoms with Crippen LogP contribution in [0.4, 0.5) is 0 Å². The quantitative estimate of drug-likeness (QED) is 0.458. The second-order valence-electron chi connectivity index (χ2n) is 7.87. The summed E-state index contributed by atoms with van der Waals surface area (Å²) in [6.07, 6.45) is 3.71. The van der Waals surface area contributed by atoms with E-state index < -0.39 is 11.3 Å². The lowest BCUT2D eigenvalue weighted by Crippen LogP contribution is -2.21. The van der Waals surface area contributed by atoms with Crippen molar-refractivity contribution < 1.29 is 13.5 Å². The molecule has 0 fully saturated rings. The average Bonchev–Trinajstić information content (AvgIpc) is 2.57. The molecule has 0 saturated heterocycles. The lowest BCUT2D eigenvalue weighted by molar-refractivity contribution is 0.296. The van der Waals surface area contributed by atoms with Gasteiger partial charge in [0.25, 0.3) is 0 Å². The van der Waals surface area contributed by atoms with Gasteiger partial charge in [-0.05, 0) is 48.1 Å². The number of benzene rings is 1. The van der Waals surface area contributed by atoms with Gasteiger partial charge in [0.2, 0.25) is 0 Å². The Morgan fingerprint density at radius 2 is 1.72 bits per heavy atom. The number of hydrogen-bond donors (Lipinski definition) is 1. The van der Waals surface area contributed by atoms with Crippen LogP contribution in [0.25, 0.3) is 0 Å². The Labute approximate surface area is 156 Å². The van der Waals surface area contributed by atoms with Crippen molar-refractivity contribution in [2.45, 2.75) is 78.1 Å². The van der Waals surface area contributed by atoms with Crippen LogP contribution in [-0.2, 0) is 22.1 Å². The Morgan fingerprint density at radius 1 is 1.08 bits per heavy atom. The molecule has 0 bridgehead atoms. The first-order valence-electron chi connectivity index (χ1n) is 9.24. The van der Waals surface area contributed by atoms with E-state index in [9.17, 15) is 8.76 Å². The molecule has 1 unspecified atom stereocenters. The minimum absolute atomic E-state index is 0.0518.